The van der Waals surface area contributed by atoms with Crippen molar-refractivity contribution in [3.63, 3.8) is 0 Å². The summed E-state index contributed by atoms with van der Waals surface area (Å²) in [6, 6.07) is 14.3. The van der Waals surface area contributed by atoms with Crippen LogP contribution >= 0.6 is 23.4 Å². The number of rotatable bonds is 8. The molecule has 0 saturated heterocycles. The average Bonchev–Trinajstić information content (AvgIpc) is 3.06. The minimum absolute atomic E-state index is 0.128. The lowest BCUT2D eigenvalue weighted by molar-refractivity contribution is -0.113. The monoisotopic (exact) mass is 418 g/mol. The molecule has 0 bridgehead atoms. The zero-order chi connectivity index (χ0) is 19.9. The van der Waals surface area contributed by atoms with Gasteiger partial charge in [-0.25, -0.2) is 0 Å². The zero-order valence-electron chi connectivity index (χ0n) is 15.4. The number of benzene rings is 2. The van der Waals surface area contributed by atoms with Gasteiger partial charge in [0.05, 0.1) is 12.9 Å². The Bertz CT molecular complexity index is 929. The van der Waals surface area contributed by atoms with Crippen LogP contribution in [0.5, 0.6) is 11.5 Å². The number of carbonyl (C=O) groups is 1. The quantitative estimate of drug-likeness (QED) is 0.561. The minimum atomic E-state index is -0.128. The first-order valence-electron chi connectivity index (χ1n) is 8.38. The lowest BCUT2D eigenvalue weighted by Gasteiger charge is -2.07. The van der Waals surface area contributed by atoms with E-state index in [4.69, 9.17) is 21.1 Å². The van der Waals surface area contributed by atoms with Crippen molar-refractivity contribution in [1.82, 2.24) is 14.8 Å². The van der Waals surface area contributed by atoms with Crippen molar-refractivity contribution >= 4 is 35.0 Å². The maximum atomic E-state index is 12.1. The van der Waals surface area contributed by atoms with Gasteiger partial charge in [-0.15, -0.1) is 10.2 Å². The lowest BCUT2D eigenvalue weighted by Crippen LogP contribution is -2.14. The highest BCUT2D eigenvalue weighted by Crippen LogP contribution is 2.20. The summed E-state index contributed by atoms with van der Waals surface area (Å²) in [5.74, 6) is 2.18. The molecule has 146 valence electrons. The summed E-state index contributed by atoms with van der Waals surface area (Å²) in [6.07, 6.45) is 0. The molecular weight excluding hydrogens is 400 g/mol. The maximum Gasteiger partial charge on any atom is 0.234 e. The molecule has 0 aliphatic rings. The Morgan fingerprint density at radius 3 is 2.46 bits per heavy atom. The molecule has 3 rings (SSSR count). The fourth-order valence-electron chi connectivity index (χ4n) is 2.28. The van der Waals surface area contributed by atoms with Crippen LogP contribution in [0, 0.1) is 0 Å². The maximum absolute atomic E-state index is 12.1. The number of hydrogen-bond acceptors (Lipinski definition) is 6. The third kappa shape index (κ3) is 5.40. The topological polar surface area (TPSA) is 78.3 Å². The van der Waals surface area contributed by atoms with Gasteiger partial charge in [0, 0.05) is 17.8 Å². The Labute approximate surface area is 172 Å². The fourth-order valence-corrected chi connectivity index (χ4v) is 3.13. The van der Waals surface area contributed by atoms with E-state index >= 15 is 0 Å². The number of nitrogens with one attached hydrogen (secondary N) is 1. The summed E-state index contributed by atoms with van der Waals surface area (Å²) in [5, 5.41) is 12.4. The third-order valence-corrected chi connectivity index (χ3v) is 5.09. The van der Waals surface area contributed by atoms with E-state index in [-0.39, 0.29) is 18.3 Å². The number of aromatic nitrogens is 3. The molecular formula is C19H19ClN4O3S. The number of amides is 1. The van der Waals surface area contributed by atoms with Crippen LogP contribution in [0.15, 0.2) is 53.7 Å². The molecule has 1 amide bonds. The van der Waals surface area contributed by atoms with Gasteiger partial charge in [0.15, 0.2) is 11.0 Å². The second-order valence-corrected chi connectivity index (χ2v) is 7.14. The smallest absolute Gasteiger partial charge is 0.234 e. The van der Waals surface area contributed by atoms with Gasteiger partial charge in [0.1, 0.15) is 18.1 Å². The molecule has 0 unspecified atom stereocenters. The van der Waals surface area contributed by atoms with Crippen molar-refractivity contribution in [2.45, 2.75) is 11.8 Å². The van der Waals surface area contributed by atoms with Gasteiger partial charge in [-0.2, -0.15) is 0 Å². The third-order valence-electron chi connectivity index (χ3n) is 3.81. The first kappa shape index (κ1) is 20.0. The van der Waals surface area contributed by atoms with Crippen molar-refractivity contribution < 1.29 is 14.3 Å². The fraction of sp³-hybridized carbons (Fsp3) is 0.211. The molecule has 0 radical (unpaired) electrons. The molecule has 2 aromatic carbocycles. The number of hydrogen-bond donors (Lipinski definition) is 1. The normalized spacial score (nSPS) is 10.5. The Balaban J connectivity index is 1.50. The van der Waals surface area contributed by atoms with Gasteiger partial charge < -0.3 is 19.4 Å². The number of methoxy groups -OCH3 is 1. The van der Waals surface area contributed by atoms with Crippen LogP contribution in [0.2, 0.25) is 5.02 Å². The number of ether oxygens (including phenoxy) is 2. The minimum Gasteiger partial charge on any atom is -0.497 e. The largest absolute Gasteiger partial charge is 0.497 e. The highest BCUT2D eigenvalue weighted by molar-refractivity contribution is 7.99. The van der Waals surface area contributed by atoms with Crippen molar-refractivity contribution in [3.05, 3.63) is 59.4 Å². The van der Waals surface area contributed by atoms with Crippen molar-refractivity contribution in [3.8, 4) is 11.5 Å². The summed E-state index contributed by atoms with van der Waals surface area (Å²) in [5.41, 5.74) is 0.710. The van der Waals surface area contributed by atoms with Crippen molar-refractivity contribution in [1.29, 1.82) is 0 Å². The first-order valence-corrected chi connectivity index (χ1v) is 9.75. The molecule has 7 nitrogen and oxygen atoms in total. The van der Waals surface area contributed by atoms with E-state index in [0.717, 1.165) is 5.75 Å². The summed E-state index contributed by atoms with van der Waals surface area (Å²) in [7, 11) is 3.43. The van der Waals surface area contributed by atoms with E-state index in [1.54, 1.807) is 60.2 Å². The van der Waals surface area contributed by atoms with Gasteiger partial charge in [-0.1, -0.05) is 23.4 Å². The standard InChI is InChI=1S/C19H19ClN4O3S/c1-24-17(11-27-16-7-3-13(20)4-8-16)22-23-19(24)28-12-18(25)21-14-5-9-15(26-2)10-6-14/h3-10H,11-12H2,1-2H3,(H,21,25). The Morgan fingerprint density at radius 1 is 1.11 bits per heavy atom. The molecule has 0 aliphatic carbocycles. The second kappa shape index (κ2) is 9.48. The van der Waals surface area contributed by atoms with Crippen molar-refractivity contribution in [2.24, 2.45) is 7.05 Å². The molecule has 28 heavy (non-hydrogen) atoms. The predicted octanol–water partition coefficient (Wildman–Crippen LogP) is 3.79. The number of carbonyl (C=O) groups excluding carboxylic acids is 1. The molecule has 1 heterocycles. The van der Waals surface area contributed by atoms with Gasteiger partial charge in [-0.05, 0) is 48.5 Å². The predicted molar refractivity (Wildman–Crippen MR) is 109 cm³/mol. The van der Waals surface area contributed by atoms with E-state index in [1.165, 1.54) is 11.8 Å². The van der Waals surface area contributed by atoms with Gasteiger partial charge in [0.25, 0.3) is 0 Å². The van der Waals surface area contributed by atoms with Crippen LogP contribution in [0.1, 0.15) is 5.82 Å². The highest BCUT2D eigenvalue weighted by Gasteiger charge is 2.12. The van der Waals surface area contributed by atoms with E-state index < -0.39 is 0 Å². The van der Waals surface area contributed by atoms with E-state index in [9.17, 15) is 4.79 Å². The van der Waals surface area contributed by atoms with E-state index in [0.29, 0.717) is 27.4 Å². The molecule has 0 spiro atoms. The van der Waals surface area contributed by atoms with Crippen LogP contribution in [0.25, 0.3) is 0 Å². The SMILES string of the molecule is COc1ccc(NC(=O)CSc2nnc(COc3ccc(Cl)cc3)n2C)cc1. The Hall–Kier alpha value is -2.71. The Morgan fingerprint density at radius 2 is 1.79 bits per heavy atom. The highest BCUT2D eigenvalue weighted by atomic mass is 35.5. The average molecular weight is 419 g/mol. The molecule has 0 fully saturated rings. The molecule has 3 aromatic rings. The summed E-state index contributed by atoms with van der Waals surface area (Å²) < 4.78 is 12.6. The molecule has 1 aromatic heterocycles. The number of thioether (sulfide) groups is 1. The molecule has 1 N–H and O–H groups in total. The number of anilines is 1. The summed E-state index contributed by atoms with van der Waals surface area (Å²) in [6.45, 7) is 0.268. The first-order chi connectivity index (χ1) is 13.5. The van der Waals surface area contributed by atoms with Crippen LogP contribution in [0.3, 0.4) is 0 Å². The zero-order valence-corrected chi connectivity index (χ0v) is 17.0. The number of nitrogens with zero attached hydrogens (tertiary/aromatic N) is 3. The van der Waals surface area contributed by atoms with Crippen molar-refractivity contribution in [2.75, 3.05) is 18.2 Å². The second-order valence-electron chi connectivity index (χ2n) is 5.77. The van der Waals surface area contributed by atoms with Crippen LogP contribution < -0.4 is 14.8 Å². The van der Waals surface area contributed by atoms with Crippen LogP contribution in [-0.4, -0.2) is 33.5 Å². The molecule has 9 heteroatoms. The van der Waals surface area contributed by atoms with Gasteiger partial charge in [-0.3, -0.25) is 4.79 Å². The summed E-state index contributed by atoms with van der Waals surface area (Å²) in [4.78, 5) is 12.1. The van der Waals surface area contributed by atoms with Gasteiger partial charge in [0.2, 0.25) is 5.91 Å². The van der Waals surface area contributed by atoms with Crippen LogP contribution in [0.4, 0.5) is 5.69 Å². The Kier molecular flexibility index (Phi) is 6.78. The van der Waals surface area contributed by atoms with E-state index in [1.807, 2.05) is 7.05 Å². The van der Waals surface area contributed by atoms with Crippen LogP contribution in [-0.2, 0) is 18.4 Å². The molecule has 0 atom stereocenters. The molecule has 0 aliphatic heterocycles. The molecule has 0 saturated carbocycles. The lowest BCUT2D eigenvalue weighted by atomic mass is 10.3. The van der Waals surface area contributed by atoms with Gasteiger partial charge >= 0.3 is 0 Å². The number of halogens is 1. The van der Waals surface area contributed by atoms with E-state index in [2.05, 4.69) is 15.5 Å². The summed E-state index contributed by atoms with van der Waals surface area (Å²) >= 11 is 7.17.